The van der Waals surface area contributed by atoms with Crippen LogP contribution in [0.1, 0.15) is 32.3 Å². The van der Waals surface area contributed by atoms with Crippen molar-refractivity contribution in [2.45, 2.75) is 48.0 Å². The normalized spacial score (nSPS) is 40.3. The second-order valence-corrected chi connectivity index (χ2v) is 9.08. The van der Waals surface area contributed by atoms with Crippen molar-refractivity contribution < 1.29 is 4.79 Å². The first kappa shape index (κ1) is 16.5. The average Bonchev–Trinajstić information content (AvgIpc) is 2.97. The summed E-state index contributed by atoms with van der Waals surface area (Å²) in [7, 11) is 1.85. The van der Waals surface area contributed by atoms with Crippen LogP contribution in [0.3, 0.4) is 0 Å². The highest BCUT2D eigenvalue weighted by Crippen LogP contribution is 2.59. The molecule has 3 aliphatic rings. The SMILES string of the molecule is CC[C@]1(S)C(=O)N2[C@H]3Nc4ccccc4[C@@]3(C)C[C@]2(S)C(=S)N1C. The maximum absolute atomic E-state index is 13.4. The fourth-order valence-corrected chi connectivity index (χ4v) is 5.82. The number of carbonyl (C=O) groups excluding carboxylic acids is 1. The molecule has 0 aromatic heterocycles. The largest absolute Gasteiger partial charge is 0.364 e. The number of likely N-dealkylation sites (N-methyl/N-ethyl adjacent to an activating group) is 1. The second kappa shape index (κ2) is 4.83. The minimum atomic E-state index is -0.926. The van der Waals surface area contributed by atoms with Crippen molar-refractivity contribution in [2.24, 2.45) is 0 Å². The summed E-state index contributed by atoms with van der Waals surface area (Å²) in [5.41, 5.74) is 2.07. The van der Waals surface area contributed by atoms with Crippen LogP contribution in [0.25, 0.3) is 0 Å². The number of rotatable bonds is 1. The Bertz CT molecular complexity index is 771. The molecular weight excluding hydrogens is 358 g/mol. The van der Waals surface area contributed by atoms with Gasteiger partial charge in [-0.15, -0.1) is 25.3 Å². The number of thiol groups is 2. The van der Waals surface area contributed by atoms with Gasteiger partial charge < -0.3 is 10.2 Å². The van der Waals surface area contributed by atoms with Crippen molar-refractivity contribution in [2.75, 3.05) is 12.4 Å². The molecule has 0 unspecified atom stereocenters. The van der Waals surface area contributed by atoms with Gasteiger partial charge in [0.05, 0.1) is 0 Å². The highest BCUT2D eigenvalue weighted by molar-refractivity contribution is 7.87. The smallest absolute Gasteiger partial charge is 0.261 e. The van der Waals surface area contributed by atoms with E-state index in [0.29, 0.717) is 17.8 Å². The minimum absolute atomic E-state index is 0.0338. The summed E-state index contributed by atoms with van der Waals surface area (Å²) in [6.07, 6.45) is 1.09. The van der Waals surface area contributed by atoms with Gasteiger partial charge in [-0.1, -0.05) is 44.3 Å². The van der Waals surface area contributed by atoms with Crippen LogP contribution in [0, 0.1) is 0 Å². The summed E-state index contributed by atoms with van der Waals surface area (Å²) in [6.45, 7) is 4.15. The molecule has 7 heteroatoms. The predicted octanol–water partition coefficient (Wildman–Crippen LogP) is 2.86. The van der Waals surface area contributed by atoms with Crippen LogP contribution >= 0.6 is 37.5 Å². The van der Waals surface area contributed by atoms with Gasteiger partial charge in [-0.2, -0.15) is 0 Å². The first-order valence-corrected chi connectivity index (χ1v) is 9.43. The molecule has 1 aromatic rings. The molecule has 128 valence electrons. The summed E-state index contributed by atoms with van der Waals surface area (Å²) < 4.78 is 0. The molecule has 0 aliphatic carbocycles. The Morgan fingerprint density at radius 1 is 1.38 bits per heavy atom. The molecule has 4 atom stereocenters. The van der Waals surface area contributed by atoms with Gasteiger partial charge in [0.1, 0.15) is 16.0 Å². The standard InChI is InChI=1S/C17H21N3OS3/c1-4-16(23)13(21)20-12-15(2,9-17(20,24)14(22)19(16)3)10-7-5-6-8-11(10)18-12/h5-8,12,18,23-24H,4,9H2,1-3H3/t12-,15-,16+,17+/m1/s1. The fraction of sp³-hybridized carbons (Fsp3) is 0.529. The van der Waals surface area contributed by atoms with Gasteiger partial charge in [-0.05, 0) is 24.5 Å². The third-order valence-electron chi connectivity index (χ3n) is 5.96. The van der Waals surface area contributed by atoms with E-state index >= 15 is 0 Å². The van der Waals surface area contributed by atoms with E-state index in [0.717, 1.165) is 5.69 Å². The Kier molecular flexibility index (Phi) is 3.33. The number of carbonyl (C=O) groups is 1. The number of nitrogens with zero attached hydrogens (tertiary/aromatic N) is 2. The maximum Gasteiger partial charge on any atom is 0.261 e. The molecule has 1 aromatic carbocycles. The number of hydrogen-bond donors (Lipinski definition) is 3. The highest BCUT2D eigenvalue weighted by atomic mass is 32.1. The van der Waals surface area contributed by atoms with Gasteiger partial charge in [0, 0.05) is 18.2 Å². The number of fused-ring (bicyclic) bond motifs is 5. The number of nitrogens with one attached hydrogen (secondary N) is 1. The lowest BCUT2D eigenvalue weighted by Gasteiger charge is -2.53. The first-order chi connectivity index (χ1) is 11.2. The second-order valence-electron chi connectivity index (χ2n) is 7.21. The van der Waals surface area contributed by atoms with E-state index in [1.165, 1.54) is 5.56 Å². The van der Waals surface area contributed by atoms with E-state index in [1.54, 1.807) is 0 Å². The van der Waals surface area contributed by atoms with Gasteiger partial charge in [-0.3, -0.25) is 9.69 Å². The number of hydrogen-bond acceptors (Lipinski definition) is 5. The van der Waals surface area contributed by atoms with Crippen molar-refractivity contribution in [3.8, 4) is 0 Å². The summed E-state index contributed by atoms with van der Waals surface area (Å²) in [5.74, 6) is -0.0338. The summed E-state index contributed by atoms with van der Waals surface area (Å²) in [5, 5.41) is 3.53. The Labute approximate surface area is 158 Å². The van der Waals surface area contributed by atoms with Crippen LogP contribution in [-0.4, -0.2) is 43.7 Å². The predicted molar refractivity (Wildman–Crippen MR) is 107 cm³/mol. The maximum atomic E-state index is 13.4. The van der Waals surface area contributed by atoms with Crippen molar-refractivity contribution in [1.82, 2.24) is 9.80 Å². The van der Waals surface area contributed by atoms with Crippen LogP contribution < -0.4 is 5.32 Å². The van der Waals surface area contributed by atoms with E-state index in [1.807, 2.05) is 35.9 Å². The average molecular weight is 380 g/mol. The van der Waals surface area contributed by atoms with Crippen molar-refractivity contribution in [3.05, 3.63) is 29.8 Å². The third-order valence-corrected chi connectivity index (χ3v) is 8.12. The van der Waals surface area contributed by atoms with Crippen LogP contribution in [0.15, 0.2) is 24.3 Å². The Morgan fingerprint density at radius 3 is 2.71 bits per heavy atom. The van der Waals surface area contributed by atoms with E-state index in [-0.39, 0.29) is 17.5 Å². The lowest BCUT2D eigenvalue weighted by molar-refractivity contribution is -0.141. The van der Waals surface area contributed by atoms with Crippen molar-refractivity contribution in [3.63, 3.8) is 0 Å². The molecule has 3 aliphatic heterocycles. The molecule has 1 N–H and O–H groups in total. The Hall–Kier alpha value is -0.920. The molecule has 2 fully saturated rings. The number of benzene rings is 1. The zero-order valence-corrected chi connectivity index (χ0v) is 16.5. The lowest BCUT2D eigenvalue weighted by atomic mass is 9.80. The summed E-state index contributed by atoms with van der Waals surface area (Å²) in [4.78, 5) is 16.0. The molecule has 0 spiro atoms. The quantitative estimate of drug-likeness (QED) is 0.518. The molecule has 4 rings (SSSR count). The molecule has 1 amide bonds. The van der Waals surface area contributed by atoms with Gasteiger partial charge in [0.15, 0.2) is 4.87 Å². The monoisotopic (exact) mass is 379 g/mol. The Morgan fingerprint density at radius 2 is 2.04 bits per heavy atom. The fourth-order valence-electron chi connectivity index (χ4n) is 4.54. The summed E-state index contributed by atoms with van der Waals surface area (Å²) in [6, 6.07) is 8.24. The van der Waals surface area contributed by atoms with Gasteiger partial charge in [0.25, 0.3) is 5.91 Å². The topological polar surface area (TPSA) is 35.6 Å². The van der Waals surface area contributed by atoms with Gasteiger partial charge in [-0.25, -0.2) is 0 Å². The number of amides is 1. The molecule has 0 bridgehead atoms. The lowest BCUT2D eigenvalue weighted by Crippen LogP contribution is -2.71. The third kappa shape index (κ3) is 1.68. The van der Waals surface area contributed by atoms with E-state index in [4.69, 9.17) is 37.5 Å². The van der Waals surface area contributed by atoms with E-state index in [9.17, 15) is 4.79 Å². The molecular formula is C17H21N3OS3. The summed E-state index contributed by atoms with van der Waals surface area (Å²) >= 11 is 15.4. The molecule has 2 saturated heterocycles. The van der Waals surface area contributed by atoms with Crippen molar-refractivity contribution >= 4 is 54.1 Å². The zero-order valence-electron chi connectivity index (χ0n) is 13.9. The van der Waals surface area contributed by atoms with E-state index in [2.05, 4.69) is 24.4 Å². The van der Waals surface area contributed by atoms with Crippen LogP contribution in [-0.2, 0) is 10.2 Å². The minimum Gasteiger partial charge on any atom is -0.364 e. The van der Waals surface area contributed by atoms with Crippen LogP contribution in [0.4, 0.5) is 5.69 Å². The van der Waals surface area contributed by atoms with Crippen LogP contribution in [0.2, 0.25) is 0 Å². The number of anilines is 1. The van der Waals surface area contributed by atoms with E-state index < -0.39 is 9.74 Å². The number of para-hydroxylation sites is 1. The highest BCUT2D eigenvalue weighted by Gasteiger charge is 2.69. The van der Waals surface area contributed by atoms with Gasteiger partial charge >= 0.3 is 0 Å². The van der Waals surface area contributed by atoms with Crippen LogP contribution in [0.5, 0.6) is 0 Å². The molecule has 0 saturated carbocycles. The van der Waals surface area contributed by atoms with Crippen molar-refractivity contribution in [1.29, 1.82) is 0 Å². The molecule has 0 radical (unpaired) electrons. The number of thiocarbonyl (C=S) groups is 1. The first-order valence-electron chi connectivity index (χ1n) is 8.13. The Balaban J connectivity index is 1.89. The zero-order chi connectivity index (χ0) is 17.5. The van der Waals surface area contributed by atoms with Gasteiger partial charge in [0.2, 0.25) is 0 Å². The molecule has 4 nitrogen and oxygen atoms in total. The molecule has 24 heavy (non-hydrogen) atoms. The number of piperazine rings is 1. The molecule has 3 heterocycles.